The Hall–Kier alpha value is -1.02. The third-order valence-corrected chi connectivity index (χ3v) is 10.8. The zero-order valence-corrected chi connectivity index (χ0v) is 41.8. The van der Waals surface area contributed by atoms with Crippen molar-refractivity contribution in [2.75, 3.05) is 0 Å². The summed E-state index contributed by atoms with van der Waals surface area (Å²) in [6.45, 7) is 6.70. The Morgan fingerprint density at radius 2 is 0.534 bits per heavy atom. The van der Waals surface area contributed by atoms with Gasteiger partial charge in [-0.25, -0.2) is 0 Å². The van der Waals surface area contributed by atoms with Crippen molar-refractivity contribution in [3.63, 3.8) is 0 Å². The fourth-order valence-electron chi connectivity index (χ4n) is 6.32. The van der Waals surface area contributed by atoms with Crippen LogP contribution in [0.3, 0.4) is 0 Å². The standard InChI is InChI=1S/3C15H25O3P.Nd/c3*1-2-3-4-5-6-7-8-9-14-10-12-15(13-11-14)18-19(16)17;/h3*10-13,19H,2-9H2,1H3,(H,16,17);/q;;;+3/p-3. The van der Waals surface area contributed by atoms with Crippen LogP contribution in [0, 0.1) is 40.8 Å². The predicted molar refractivity (Wildman–Crippen MR) is 233 cm³/mol. The van der Waals surface area contributed by atoms with Crippen LogP contribution >= 0.6 is 24.8 Å². The number of aryl methyl sites for hydroxylation is 3. The maximum atomic E-state index is 10.4. The van der Waals surface area contributed by atoms with Gasteiger partial charge in [-0.3, -0.25) is 13.7 Å². The smallest absolute Gasteiger partial charge is 0.771 e. The van der Waals surface area contributed by atoms with Gasteiger partial charge < -0.3 is 28.3 Å². The molecule has 0 N–H and O–H groups in total. The fourth-order valence-corrected chi connectivity index (χ4v) is 7.31. The van der Waals surface area contributed by atoms with Gasteiger partial charge >= 0.3 is 40.8 Å². The summed E-state index contributed by atoms with van der Waals surface area (Å²) in [5.74, 6) is 1.21. The molecule has 0 saturated heterocycles. The molecule has 3 aromatic carbocycles. The predicted octanol–water partition coefficient (Wildman–Crippen LogP) is 12.3. The molecule has 0 bridgehead atoms. The van der Waals surface area contributed by atoms with E-state index in [1.807, 2.05) is 36.4 Å². The minimum atomic E-state index is -3.13. The minimum absolute atomic E-state index is 0. The van der Waals surface area contributed by atoms with Crippen LogP contribution in [-0.2, 0) is 33.0 Å². The molecule has 0 fully saturated rings. The second-order valence-electron chi connectivity index (χ2n) is 14.6. The largest absolute Gasteiger partial charge is 3.00 e. The zero-order valence-electron chi connectivity index (χ0n) is 35.6. The van der Waals surface area contributed by atoms with Gasteiger partial charge in [-0.05, 0) is 91.6 Å². The maximum absolute atomic E-state index is 10.4. The van der Waals surface area contributed by atoms with Crippen LogP contribution in [0.4, 0.5) is 0 Å². The van der Waals surface area contributed by atoms with E-state index < -0.39 is 24.8 Å². The van der Waals surface area contributed by atoms with Gasteiger partial charge in [-0.15, -0.1) is 0 Å². The summed E-state index contributed by atoms with van der Waals surface area (Å²) in [7, 11) is -9.39. The summed E-state index contributed by atoms with van der Waals surface area (Å²) in [4.78, 5) is 31.3. The normalized spacial score (nSPS) is 12.1. The molecule has 3 atom stereocenters. The Morgan fingerprint density at radius 1 is 0.345 bits per heavy atom. The molecule has 13 heteroatoms. The Morgan fingerprint density at radius 3 is 0.724 bits per heavy atom. The first kappa shape index (κ1) is 57.0. The van der Waals surface area contributed by atoms with Crippen LogP contribution in [0.5, 0.6) is 17.2 Å². The van der Waals surface area contributed by atoms with Gasteiger partial charge in [-0.1, -0.05) is 173 Å². The Balaban J connectivity index is 0.000000833. The van der Waals surface area contributed by atoms with Gasteiger partial charge in [0, 0.05) is 0 Å². The van der Waals surface area contributed by atoms with Crippen molar-refractivity contribution >= 4 is 24.8 Å². The first-order valence-electron chi connectivity index (χ1n) is 21.6. The van der Waals surface area contributed by atoms with Crippen molar-refractivity contribution in [2.24, 2.45) is 0 Å². The monoisotopic (exact) mass is 991 g/mol. The molecule has 0 aliphatic carbocycles. The second kappa shape index (κ2) is 40.1. The molecule has 3 rings (SSSR count). The third kappa shape index (κ3) is 34.7. The summed E-state index contributed by atoms with van der Waals surface area (Å²) in [5.41, 5.74) is 3.73. The Labute approximate surface area is 386 Å². The van der Waals surface area contributed by atoms with E-state index in [4.69, 9.17) is 0 Å². The summed E-state index contributed by atoms with van der Waals surface area (Å²) >= 11 is 0. The quantitative estimate of drug-likeness (QED) is 0.0470. The Bertz CT molecular complexity index is 1270. The molecule has 0 spiro atoms. The van der Waals surface area contributed by atoms with Crippen LogP contribution in [0.2, 0.25) is 0 Å². The molecule has 3 aromatic rings. The molecular weight excluding hydrogens is 922 g/mol. The molecule has 0 aliphatic rings. The number of hydrogen-bond donors (Lipinski definition) is 0. The molecule has 0 aromatic heterocycles. The van der Waals surface area contributed by atoms with E-state index in [0.29, 0.717) is 17.2 Å². The minimum Gasteiger partial charge on any atom is -0.771 e. The van der Waals surface area contributed by atoms with Crippen LogP contribution in [0.15, 0.2) is 72.8 Å². The van der Waals surface area contributed by atoms with Crippen molar-refractivity contribution in [3.05, 3.63) is 89.5 Å². The SMILES string of the molecule is CCCCCCCCCc1ccc(O[PH](=O)[O-])cc1.CCCCCCCCCc1ccc(O[PH](=O)[O-])cc1.CCCCCCCCCc1ccc(O[PH](=O)[O-])cc1.[Nd+3]. The van der Waals surface area contributed by atoms with Crippen molar-refractivity contribution in [3.8, 4) is 17.2 Å². The molecule has 3 unspecified atom stereocenters. The van der Waals surface area contributed by atoms with E-state index in [2.05, 4.69) is 34.3 Å². The van der Waals surface area contributed by atoms with E-state index in [1.54, 1.807) is 36.4 Å². The summed E-state index contributed by atoms with van der Waals surface area (Å²) < 4.78 is 45.2. The van der Waals surface area contributed by atoms with Crippen LogP contribution in [0.25, 0.3) is 0 Å². The molecule has 58 heavy (non-hydrogen) atoms. The molecule has 0 saturated carbocycles. The summed E-state index contributed by atoms with van der Waals surface area (Å²) in [5, 5.41) is 0. The van der Waals surface area contributed by atoms with Gasteiger partial charge in [-0.2, -0.15) is 0 Å². The molecule has 0 amide bonds. The molecule has 0 heterocycles. The van der Waals surface area contributed by atoms with E-state index in [9.17, 15) is 28.4 Å². The van der Waals surface area contributed by atoms with Crippen molar-refractivity contribution in [2.45, 2.75) is 175 Å². The number of rotatable bonds is 30. The van der Waals surface area contributed by atoms with E-state index >= 15 is 0 Å². The third-order valence-electron chi connectivity index (χ3n) is 9.58. The van der Waals surface area contributed by atoms with E-state index in [1.165, 1.54) is 152 Å². The van der Waals surface area contributed by atoms with Gasteiger partial charge in [0.2, 0.25) is 0 Å². The maximum Gasteiger partial charge on any atom is 3.00 e. The molecule has 0 aliphatic heterocycles. The first-order chi connectivity index (χ1) is 27.7. The van der Waals surface area contributed by atoms with E-state index in [0.717, 1.165) is 19.3 Å². The van der Waals surface area contributed by atoms with Crippen molar-refractivity contribution < 1.29 is 82.8 Å². The van der Waals surface area contributed by atoms with Crippen LogP contribution in [0.1, 0.15) is 172 Å². The number of hydrogen-bond acceptors (Lipinski definition) is 9. The molecule has 9 nitrogen and oxygen atoms in total. The average Bonchev–Trinajstić information content (AvgIpc) is 3.19. The second-order valence-corrected chi connectivity index (χ2v) is 16.7. The van der Waals surface area contributed by atoms with Crippen molar-refractivity contribution in [1.29, 1.82) is 0 Å². The molecule has 325 valence electrons. The number of unbranched alkanes of at least 4 members (excludes halogenated alkanes) is 18. The van der Waals surface area contributed by atoms with Gasteiger partial charge in [0.15, 0.2) is 24.8 Å². The zero-order chi connectivity index (χ0) is 41.8. The topological polar surface area (TPSA) is 148 Å². The molecular formula is C45H72NdO9P3. The first-order valence-corrected chi connectivity index (χ1v) is 25.3. The summed E-state index contributed by atoms with van der Waals surface area (Å²) in [6.07, 6.45) is 30.6. The average molecular weight is 994 g/mol. The Kier molecular flexibility index (Phi) is 39.4. The van der Waals surface area contributed by atoms with Crippen LogP contribution < -0.4 is 28.3 Å². The van der Waals surface area contributed by atoms with Crippen molar-refractivity contribution in [1.82, 2.24) is 0 Å². The van der Waals surface area contributed by atoms with E-state index in [-0.39, 0.29) is 40.8 Å². The van der Waals surface area contributed by atoms with Crippen LogP contribution in [-0.4, -0.2) is 0 Å². The summed E-state index contributed by atoms with van der Waals surface area (Å²) in [6, 6.07) is 22.0. The van der Waals surface area contributed by atoms with Gasteiger partial charge in [0.1, 0.15) is 17.2 Å². The van der Waals surface area contributed by atoms with Gasteiger partial charge in [0.05, 0.1) is 0 Å². The number of benzene rings is 3. The molecule has 1 radical (unpaired) electrons. The van der Waals surface area contributed by atoms with Gasteiger partial charge in [0.25, 0.3) is 0 Å². The fraction of sp³-hybridized carbons (Fsp3) is 0.600.